The SMILES string of the molecule is Cc1noc(C)c1C(C)S(C)=S. The molecular formula is C8H13NOS2. The highest BCUT2D eigenvalue weighted by Gasteiger charge is 2.16. The predicted molar refractivity (Wildman–Crippen MR) is 55.0 cm³/mol. The first kappa shape index (κ1) is 9.86. The fraction of sp³-hybridized carbons (Fsp3) is 0.625. The molecule has 4 heteroatoms. The maximum absolute atomic E-state index is 5.23. The first-order valence-electron chi connectivity index (χ1n) is 3.79. The lowest BCUT2D eigenvalue weighted by Gasteiger charge is -2.09. The number of hydrogen-bond acceptors (Lipinski definition) is 3. The molecule has 0 spiro atoms. The van der Waals surface area contributed by atoms with Crippen LogP contribution in [0, 0.1) is 13.8 Å². The molecule has 0 aromatic carbocycles. The maximum atomic E-state index is 5.23. The van der Waals surface area contributed by atoms with Gasteiger partial charge >= 0.3 is 0 Å². The Hall–Kier alpha value is -0.220. The van der Waals surface area contributed by atoms with E-state index in [1.165, 1.54) is 5.56 Å². The Labute approximate surface area is 79.9 Å². The van der Waals surface area contributed by atoms with Crippen LogP contribution in [0.4, 0.5) is 0 Å². The van der Waals surface area contributed by atoms with Crippen LogP contribution in [0.5, 0.6) is 0 Å². The Morgan fingerprint density at radius 1 is 1.50 bits per heavy atom. The van der Waals surface area contributed by atoms with Crippen LogP contribution in [-0.4, -0.2) is 11.4 Å². The normalized spacial score (nSPS) is 16.0. The molecule has 0 aliphatic heterocycles. The van der Waals surface area contributed by atoms with Gasteiger partial charge in [-0.2, -0.15) is 0 Å². The second-order valence-corrected chi connectivity index (χ2v) is 6.16. The van der Waals surface area contributed by atoms with Crippen molar-refractivity contribution >= 4 is 20.6 Å². The summed E-state index contributed by atoms with van der Waals surface area (Å²) in [5.74, 6) is 0.907. The lowest BCUT2D eigenvalue weighted by atomic mass is 10.1. The van der Waals surface area contributed by atoms with E-state index >= 15 is 0 Å². The molecule has 2 atom stereocenters. The minimum absolute atomic E-state index is 0.0269. The molecule has 2 unspecified atom stereocenters. The van der Waals surface area contributed by atoms with Crippen LogP contribution >= 0.6 is 0 Å². The molecule has 0 amide bonds. The van der Waals surface area contributed by atoms with Crippen LogP contribution in [-0.2, 0) is 20.6 Å². The van der Waals surface area contributed by atoms with Gasteiger partial charge in [-0.25, -0.2) is 0 Å². The molecule has 0 N–H and O–H groups in total. The highest BCUT2D eigenvalue weighted by molar-refractivity contribution is 8.28. The molecule has 0 aliphatic rings. The Morgan fingerprint density at radius 2 is 2.08 bits per heavy atom. The number of aryl methyl sites for hydroxylation is 2. The first-order chi connectivity index (χ1) is 5.54. The molecule has 0 bridgehead atoms. The third-order valence-electron chi connectivity index (χ3n) is 1.99. The van der Waals surface area contributed by atoms with Gasteiger partial charge in [0.05, 0.1) is 5.69 Å². The summed E-state index contributed by atoms with van der Waals surface area (Å²) in [5, 5.41) is 4.28. The van der Waals surface area contributed by atoms with Crippen LogP contribution in [0.1, 0.15) is 29.2 Å². The van der Waals surface area contributed by atoms with Crippen LogP contribution in [0.3, 0.4) is 0 Å². The van der Waals surface area contributed by atoms with E-state index in [1.54, 1.807) is 0 Å². The molecule has 0 aliphatic carbocycles. The van der Waals surface area contributed by atoms with Crippen molar-refractivity contribution in [2.45, 2.75) is 26.0 Å². The van der Waals surface area contributed by atoms with Crippen molar-refractivity contribution in [3.05, 3.63) is 17.0 Å². The molecule has 1 heterocycles. The molecule has 68 valence electrons. The summed E-state index contributed by atoms with van der Waals surface area (Å²) in [5.41, 5.74) is 2.17. The highest BCUT2D eigenvalue weighted by atomic mass is 32.8. The smallest absolute Gasteiger partial charge is 0.138 e. The standard InChI is InChI=1S/C8H13NOS2/c1-5-8(6(2)10-9-5)7(3)12(4)11/h7H,1-4H3. The van der Waals surface area contributed by atoms with Crippen molar-refractivity contribution in [1.82, 2.24) is 5.16 Å². The second kappa shape index (κ2) is 3.66. The molecule has 0 saturated heterocycles. The summed E-state index contributed by atoms with van der Waals surface area (Å²) >= 11 is 5.23. The topological polar surface area (TPSA) is 26.0 Å². The van der Waals surface area contributed by atoms with E-state index in [-0.39, 0.29) is 9.45 Å². The summed E-state index contributed by atoms with van der Waals surface area (Å²) in [6.07, 6.45) is 2.06. The average molecular weight is 203 g/mol. The maximum Gasteiger partial charge on any atom is 0.138 e. The van der Waals surface area contributed by atoms with Gasteiger partial charge in [-0.1, -0.05) is 16.3 Å². The minimum Gasteiger partial charge on any atom is -0.361 e. The third-order valence-corrected chi connectivity index (χ3v) is 4.09. The van der Waals surface area contributed by atoms with E-state index < -0.39 is 0 Å². The molecule has 1 aromatic heterocycles. The third kappa shape index (κ3) is 1.75. The Balaban J connectivity index is 3.08. The molecule has 12 heavy (non-hydrogen) atoms. The fourth-order valence-corrected chi connectivity index (χ4v) is 2.19. The van der Waals surface area contributed by atoms with Gasteiger partial charge < -0.3 is 4.52 Å². The van der Waals surface area contributed by atoms with Crippen molar-refractivity contribution in [3.8, 4) is 0 Å². The zero-order valence-electron chi connectivity index (χ0n) is 7.75. The largest absolute Gasteiger partial charge is 0.361 e. The van der Waals surface area contributed by atoms with E-state index in [4.69, 9.17) is 15.7 Å². The number of rotatable bonds is 2. The zero-order chi connectivity index (χ0) is 9.30. The molecule has 2 nitrogen and oxygen atoms in total. The lowest BCUT2D eigenvalue weighted by Crippen LogP contribution is -2.01. The van der Waals surface area contributed by atoms with E-state index in [0.29, 0.717) is 5.25 Å². The molecule has 0 radical (unpaired) electrons. The Kier molecular flexibility index (Phi) is 3.01. The molecule has 1 rings (SSSR count). The molecular weight excluding hydrogens is 190 g/mol. The van der Waals surface area contributed by atoms with E-state index in [0.717, 1.165) is 11.5 Å². The molecule has 0 fully saturated rings. The summed E-state index contributed by atoms with van der Waals surface area (Å²) in [6, 6.07) is 0. The van der Waals surface area contributed by atoms with Crippen molar-refractivity contribution in [3.63, 3.8) is 0 Å². The summed E-state index contributed by atoms with van der Waals surface area (Å²) < 4.78 is 5.07. The van der Waals surface area contributed by atoms with Gasteiger partial charge in [-0.15, -0.1) is 9.45 Å². The quantitative estimate of drug-likeness (QED) is 0.736. The number of nitrogens with zero attached hydrogens (tertiary/aromatic N) is 1. The van der Waals surface area contributed by atoms with Crippen LogP contribution in [0.25, 0.3) is 0 Å². The van der Waals surface area contributed by atoms with Crippen molar-refractivity contribution in [1.29, 1.82) is 0 Å². The average Bonchev–Trinajstić information content (AvgIpc) is 2.30. The van der Waals surface area contributed by atoms with Crippen LogP contribution in [0.15, 0.2) is 4.52 Å². The minimum atomic E-state index is -0.0269. The lowest BCUT2D eigenvalue weighted by molar-refractivity contribution is 0.392. The second-order valence-electron chi connectivity index (χ2n) is 2.88. The number of aromatic nitrogens is 1. The van der Waals surface area contributed by atoms with E-state index in [1.807, 2.05) is 13.8 Å². The number of hydrogen-bond donors (Lipinski definition) is 0. The molecule has 0 saturated carbocycles. The van der Waals surface area contributed by atoms with Crippen LogP contribution < -0.4 is 0 Å². The van der Waals surface area contributed by atoms with Crippen molar-refractivity contribution in [2.75, 3.05) is 6.26 Å². The summed E-state index contributed by atoms with van der Waals surface area (Å²) in [6.45, 7) is 6.03. The van der Waals surface area contributed by atoms with Gasteiger partial charge in [-0.3, -0.25) is 0 Å². The van der Waals surface area contributed by atoms with Gasteiger partial charge in [-0.05, 0) is 27.0 Å². The van der Waals surface area contributed by atoms with Gasteiger partial charge in [0.15, 0.2) is 0 Å². The highest BCUT2D eigenvalue weighted by Crippen LogP contribution is 2.24. The Morgan fingerprint density at radius 3 is 2.42 bits per heavy atom. The first-order valence-corrected chi connectivity index (χ1v) is 6.41. The summed E-state index contributed by atoms with van der Waals surface area (Å²) in [7, 11) is -0.0269. The van der Waals surface area contributed by atoms with Gasteiger partial charge in [0, 0.05) is 10.8 Å². The van der Waals surface area contributed by atoms with Crippen molar-refractivity contribution in [2.24, 2.45) is 0 Å². The van der Waals surface area contributed by atoms with Gasteiger partial charge in [0.1, 0.15) is 5.76 Å². The van der Waals surface area contributed by atoms with E-state index in [2.05, 4.69) is 18.3 Å². The van der Waals surface area contributed by atoms with Gasteiger partial charge in [0.2, 0.25) is 0 Å². The molecule has 1 aromatic rings. The van der Waals surface area contributed by atoms with Crippen molar-refractivity contribution < 1.29 is 4.52 Å². The fourth-order valence-electron chi connectivity index (χ4n) is 1.24. The zero-order valence-corrected chi connectivity index (χ0v) is 9.38. The monoisotopic (exact) mass is 203 g/mol. The predicted octanol–water partition coefficient (Wildman–Crippen LogP) is 2.06. The van der Waals surface area contributed by atoms with Gasteiger partial charge in [0.25, 0.3) is 0 Å². The van der Waals surface area contributed by atoms with E-state index in [9.17, 15) is 0 Å². The Bertz CT molecular complexity index is 287. The summed E-state index contributed by atoms with van der Waals surface area (Å²) in [4.78, 5) is 0. The van der Waals surface area contributed by atoms with Crippen LogP contribution in [0.2, 0.25) is 0 Å².